The van der Waals surface area contributed by atoms with E-state index >= 15 is 0 Å². The Morgan fingerprint density at radius 2 is 2.19 bits per heavy atom. The maximum atomic E-state index is 11.4. The van der Waals surface area contributed by atoms with Crippen LogP contribution < -0.4 is 5.63 Å². The zero-order chi connectivity index (χ0) is 11.7. The third kappa shape index (κ3) is 1.63. The summed E-state index contributed by atoms with van der Waals surface area (Å²) in [5.41, 5.74) is 0.650. The monoisotopic (exact) mass is 236 g/mol. The Balaban J connectivity index is 2.89. The molecule has 0 aliphatic rings. The van der Waals surface area contributed by atoms with E-state index < -0.39 is 5.63 Å². The molecule has 1 aromatic carbocycles. The molecule has 0 aliphatic carbocycles. The van der Waals surface area contributed by atoms with Gasteiger partial charge < -0.3 is 4.42 Å². The first-order valence-electron chi connectivity index (χ1n) is 4.87. The molecule has 0 amide bonds. The van der Waals surface area contributed by atoms with Crippen LogP contribution in [0.15, 0.2) is 27.4 Å². The van der Waals surface area contributed by atoms with Gasteiger partial charge in [0.15, 0.2) is 6.29 Å². The molecule has 0 fully saturated rings. The molecule has 0 saturated heterocycles. The zero-order valence-corrected chi connectivity index (χ0v) is 9.38. The summed E-state index contributed by atoms with van der Waals surface area (Å²) >= 11 is 5.98. The van der Waals surface area contributed by atoms with Crippen molar-refractivity contribution in [1.29, 1.82) is 0 Å². The van der Waals surface area contributed by atoms with Crippen LogP contribution >= 0.6 is 11.6 Å². The second-order valence-electron chi connectivity index (χ2n) is 3.42. The zero-order valence-electron chi connectivity index (χ0n) is 8.62. The van der Waals surface area contributed by atoms with Crippen LogP contribution in [0.4, 0.5) is 0 Å². The van der Waals surface area contributed by atoms with Crippen LogP contribution in [0, 0.1) is 0 Å². The van der Waals surface area contributed by atoms with E-state index in [0.717, 1.165) is 12.0 Å². The summed E-state index contributed by atoms with van der Waals surface area (Å²) in [6.45, 7) is 2.01. The molecule has 4 heteroatoms. The van der Waals surface area contributed by atoms with Gasteiger partial charge in [0.05, 0.1) is 5.02 Å². The van der Waals surface area contributed by atoms with Gasteiger partial charge in [-0.05, 0) is 24.1 Å². The Morgan fingerprint density at radius 1 is 1.44 bits per heavy atom. The lowest BCUT2D eigenvalue weighted by Crippen LogP contribution is -2.07. The number of hydrogen-bond donors (Lipinski definition) is 0. The molecular weight excluding hydrogens is 228 g/mol. The summed E-state index contributed by atoms with van der Waals surface area (Å²) < 4.78 is 4.99. The van der Waals surface area contributed by atoms with Crippen molar-refractivity contribution in [3.8, 4) is 0 Å². The first kappa shape index (κ1) is 10.9. The number of fused-ring (bicyclic) bond motifs is 1. The van der Waals surface area contributed by atoms with Gasteiger partial charge in [-0.25, -0.2) is 4.79 Å². The fourth-order valence-electron chi connectivity index (χ4n) is 1.55. The maximum absolute atomic E-state index is 11.4. The normalized spacial score (nSPS) is 10.6. The third-order valence-electron chi connectivity index (χ3n) is 2.47. The van der Waals surface area contributed by atoms with E-state index in [-0.39, 0.29) is 10.6 Å². The molecule has 16 heavy (non-hydrogen) atoms. The molecule has 82 valence electrons. The van der Waals surface area contributed by atoms with E-state index in [1.807, 2.05) is 19.1 Å². The standard InChI is InChI=1S/C12H9ClO3/c1-2-7-3-4-10-8(5-7)11(13)9(6-14)12(15)16-10/h3-6H,2H2,1H3. The van der Waals surface area contributed by atoms with Crippen molar-refractivity contribution < 1.29 is 9.21 Å². The Bertz CT molecular complexity index is 613. The Hall–Kier alpha value is -1.61. The SMILES string of the molecule is CCc1ccc2oc(=O)c(C=O)c(Cl)c2c1. The van der Waals surface area contributed by atoms with Crippen LogP contribution in [0.2, 0.25) is 5.02 Å². The van der Waals surface area contributed by atoms with Gasteiger partial charge in [-0.1, -0.05) is 24.6 Å². The molecule has 0 radical (unpaired) electrons. The fraction of sp³-hybridized carbons (Fsp3) is 0.167. The van der Waals surface area contributed by atoms with Gasteiger partial charge in [0.2, 0.25) is 0 Å². The van der Waals surface area contributed by atoms with Gasteiger partial charge in [0, 0.05) is 5.39 Å². The average Bonchev–Trinajstić information content (AvgIpc) is 2.29. The lowest BCUT2D eigenvalue weighted by atomic mass is 10.1. The number of carbonyl (C=O) groups is 1. The van der Waals surface area contributed by atoms with E-state index in [2.05, 4.69) is 0 Å². The van der Waals surface area contributed by atoms with Crippen LogP contribution in [0.1, 0.15) is 22.8 Å². The molecule has 2 aromatic rings. The lowest BCUT2D eigenvalue weighted by Gasteiger charge is -2.03. The van der Waals surface area contributed by atoms with Crippen molar-refractivity contribution in [3.63, 3.8) is 0 Å². The van der Waals surface area contributed by atoms with Gasteiger partial charge in [-0.2, -0.15) is 0 Å². The topological polar surface area (TPSA) is 47.3 Å². The predicted molar refractivity (Wildman–Crippen MR) is 62.3 cm³/mol. The quantitative estimate of drug-likeness (QED) is 0.595. The maximum Gasteiger partial charge on any atom is 0.348 e. The number of halogens is 1. The summed E-state index contributed by atoms with van der Waals surface area (Å²) in [7, 11) is 0. The summed E-state index contributed by atoms with van der Waals surface area (Å²) in [6.07, 6.45) is 1.27. The van der Waals surface area contributed by atoms with Gasteiger partial charge in [0.25, 0.3) is 0 Å². The average molecular weight is 237 g/mol. The number of hydrogen-bond acceptors (Lipinski definition) is 3. The minimum absolute atomic E-state index is 0.123. The van der Waals surface area contributed by atoms with Crippen molar-refractivity contribution in [3.05, 3.63) is 44.8 Å². The van der Waals surface area contributed by atoms with Crippen LogP contribution in [0.5, 0.6) is 0 Å². The summed E-state index contributed by atoms with van der Waals surface area (Å²) in [4.78, 5) is 22.1. The van der Waals surface area contributed by atoms with Gasteiger partial charge in [-0.15, -0.1) is 0 Å². The summed E-state index contributed by atoms with van der Waals surface area (Å²) in [6, 6.07) is 5.38. The third-order valence-corrected chi connectivity index (χ3v) is 2.87. The number of aldehydes is 1. The molecule has 0 saturated carbocycles. The van der Waals surface area contributed by atoms with E-state index in [1.165, 1.54) is 0 Å². The lowest BCUT2D eigenvalue weighted by molar-refractivity contribution is 0.112. The highest BCUT2D eigenvalue weighted by atomic mass is 35.5. The van der Waals surface area contributed by atoms with Gasteiger partial charge in [0.1, 0.15) is 11.1 Å². The number of benzene rings is 1. The minimum atomic E-state index is -0.697. The number of carbonyl (C=O) groups excluding carboxylic acids is 1. The Kier molecular flexibility index (Phi) is 2.79. The van der Waals surface area contributed by atoms with Crippen LogP contribution in [0.25, 0.3) is 11.0 Å². The predicted octanol–water partition coefficient (Wildman–Crippen LogP) is 2.82. The molecule has 0 atom stereocenters. The van der Waals surface area contributed by atoms with Gasteiger partial charge >= 0.3 is 5.63 Å². The van der Waals surface area contributed by atoms with E-state index in [9.17, 15) is 9.59 Å². The van der Waals surface area contributed by atoms with Crippen molar-refractivity contribution in [2.75, 3.05) is 0 Å². The molecular formula is C12H9ClO3. The first-order chi connectivity index (χ1) is 7.67. The Labute approximate surface area is 96.6 Å². The van der Waals surface area contributed by atoms with E-state index in [4.69, 9.17) is 16.0 Å². The molecule has 1 aromatic heterocycles. The first-order valence-corrected chi connectivity index (χ1v) is 5.25. The smallest absolute Gasteiger partial charge is 0.348 e. The molecule has 1 heterocycles. The second-order valence-corrected chi connectivity index (χ2v) is 3.80. The number of rotatable bonds is 2. The van der Waals surface area contributed by atoms with Crippen LogP contribution in [0.3, 0.4) is 0 Å². The summed E-state index contributed by atoms with van der Waals surface area (Å²) in [5.74, 6) is 0. The van der Waals surface area contributed by atoms with Crippen molar-refractivity contribution in [1.82, 2.24) is 0 Å². The highest BCUT2D eigenvalue weighted by molar-refractivity contribution is 6.37. The molecule has 2 rings (SSSR count). The van der Waals surface area contributed by atoms with Crippen molar-refractivity contribution >= 4 is 28.9 Å². The fourth-order valence-corrected chi connectivity index (χ4v) is 1.82. The molecule has 3 nitrogen and oxygen atoms in total. The van der Waals surface area contributed by atoms with E-state index in [0.29, 0.717) is 17.3 Å². The largest absolute Gasteiger partial charge is 0.422 e. The second kappa shape index (κ2) is 4.10. The molecule has 0 bridgehead atoms. The summed E-state index contributed by atoms with van der Waals surface area (Å²) in [5, 5.41) is 0.763. The van der Waals surface area contributed by atoms with Gasteiger partial charge in [-0.3, -0.25) is 4.79 Å². The van der Waals surface area contributed by atoms with Crippen LogP contribution in [-0.4, -0.2) is 6.29 Å². The van der Waals surface area contributed by atoms with Crippen LogP contribution in [-0.2, 0) is 6.42 Å². The molecule has 0 spiro atoms. The van der Waals surface area contributed by atoms with Crippen molar-refractivity contribution in [2.45, 2.75) is 13.3 Å². The number of aryl methyl sites for hydroxylation is 1. The Morgan fingerprint density at radius 3 is 2.81 bits per heavy atom. The van der Waals surface area contributed by atoms with Crippen molar-refractivity contribution in [2.24, 2.45) is 0 Å². The highest BCUT2D eigenvalue weighted by Crippen LogP contribution is 2.25. The highest BCUT2D eigenvalue weighted by Gasteiger charge is 2.12. The molecule has 0 N–H and O–H groups in total. The molecule has 0 aliphatic heterocycles. The molecule has 0 unspecified atom stereocenters. The minimum Gasteiger partial charge on any atom is -0.422 e. The van der Waals surface area contributed by atoms with E-state index in [1.54, 1.807) is 6.07 Å².